The Kier molecular flexibility index (Phi) is 6.01. The second-order valence-corrected chi connectivity index (χ2v) is 7.13. The van der Waals surface area contributed by atoms with E-state index in [9.17, 15) is 13.2 Å². The van der Waals surface area contributed by atoms with E-state index < -0.39 is 11.7 Å². The van der Waals surface area contributed by atoms with Crippen LogP contribution in [0, 0.1) is 0 Å². The van der Waals surface area contributed by atoms with Gasteiger partial charge in [-0.3, -0.25) is 0 Å². The number of rotatable bonds is 6. The van der Waals surface area contributed by atoms with Gasteiger partial charge in [-0.1, -0.05) is 23.7 Å². The van der Waals surface area contributed by atoms with Gasteiger partial charge < -0.3 is 10.5 Å². The minimum absolute atomic E-state index is 0.114. The summed E-state index contributed by atoms with van der Waals surface area (Å²) in [5, 5.41) is 0.527. The molecule has 0 saturated carbocycles. The summed E-state index contributed by atoms with van der Waals surface area (Å²) in [6.45, 7) is 3.95. The molecule has 0 saturated heterocycles. The summed E-state index contributed by atoms with van der Waals surface area (Å²) in [5.74, 6) is 0.510. The summed E-state index contributed by atoms with van der Waals surface area (Å²) in [6, 6.07) is 9.89. The van der Waals surface area contributed by atoms with E-state index in [4.69, 9.17) is 22.1 Å². The average molecular weight is 372 g/mol. The number of ether oxygens (including phenoxy) is 1. The van der Waals surface area contributed by atoms with Gasteiger partial charge in [0, 0.05) is 10.6 Å². The van der Waals surface area contributed by atoms with Crippen LogP contribution in [0.2, 0.25) is 5.02 Å². The molecule has 2 aromatic carbocycles. The average Bonchev–Trinajstić information content (AvgIpc) is 2.48. The molecular weight excluding hydrogens is 351 g/mol. The van der Waals surface area contributed by atoms with Gasteiger partial charge >= 0.3 is 6.18 Å². The lowest BCUT2D eigenvalue weighted by atomic mass is 9.97. The maximum atomic E-state index is 12.7. The summed E-state index contributed by atoms with van der Waals surface area (Å²) in [4.78, 5) is 0. The molecule has 0 unspecified atom stereocenters. The molecule has 0 spiro atoms. The van der Waals surface area contributed by atoms with Gasteiger partial charge in [0.05, 0.1) is 5.56 Å². The zero-order valence-electron chi connectivity index (χ0n) is 14.2. The Bertz CT molecular complexity index is 723. The van der Waals surface area contributed by atoms with Gasteiger partial charge in [-0.25, -0.2) is 0 Å². The number of benzene rings is 2. The van der Waals surface area contributed by atoms with Crippen molar-refractivity contribution in [3.8, 4) is 11.5 Å². The second kappa shape index (κ2) is 7.67. The molecule has 0 aliphatic heterocycles. The van der Waals surface area contributed by atoms with Gasteiger partial charge in [-0.15, -0.1) is 0 Å². The van der Waals surface area contributed by atoms with Crippen LogP contribution in [-0.4, -0.2) is 5.54 Å². The predicted octanol–water partition coefficient (Wildman–Crippen LogP) is 6.21. The molecule has 0 heterocycles. The second-order valence-electron chi connectivity index (χ2n) is 6.72. The van der Waals surface area contributed by atoms with E-state index in [0.29, 0.717) is 10.8 Å². The van der Waals surface area contributed by atoms with Gasteiger partial charge in [0.1, 0.15) is 11.5 Å². The number of nitrogens with two attached hydrogens (primary N) is 1. The lowest BCUT2D eigenvalue weighted by Crippen LogP contribution is -2.31. The molecule has 2 aromatic rings. The van der Waals surface area contributed by atoms with Crippen molar-refractivity contribution in [1.82, 2.24) is 0 Å². The largest absolute Gasteiger partial charge is 0.457 e. The van der Waals surface area contributed by atoms with Crippen LogP contribution in [0.3, 0.4) is 0 Å². The number of hydrogen-bond acceptors (Lipinski definition) is 2. The van der Waals surface area contributed by atoms with E-state index in [1.54, 1.807) is 12.1 Å². The highest BCUT2D eigenvalue weighted by molar-refractivity contribution is 6.31. The van der Waals surface area contributed by atoms with Crippen LogP contribution in [0.15, 0.2) is 42.5 Å². The first-order chi connectivity index (χ1) is 11.5. The van der Waals surface area contributed by atoms with Crippen molar-refractivity contribution >= 4 is 11.6 Å². The topological polar surface area (TPSA) is 35.2 Å². The molecule has 2 nitrogen and oxygen atoms in total. The van der Waals surface area contributed by atoms with E-state index in [1.807, 2.05) is 19.9 Å². The van der Waals surface area contributed by atoms with Crippen LogP contribution in [0.25, 0.3) is 0 Å². The fourth-order valence-electron chi connectivity index (χ4n) is 2.40. The monoisotopic (exact) mass is 371 g/mol. The molecule has 0 atom stereocenters. The lowest BCUT2D eigenvalue weighted by Gasteiger charge is -2.18. The molecule has 0 radical (unpaired) electrons. The van der Waals surface area contributed by atoms with Crippen LogP contribution < -0.4 is 10.5 Å². The number of hydrogen-bond donors (Lipinski definition) is 1. The van der Waals surface area contributed by atoms with Gasteiger partial charge in [0.15, 0.2) is 0 Å². The summed E-state index contributed by atoms with van der Waals surface area (Å²) >= 11 is 6.26. The Morgan fingerprint density at radius 1 is 1.04 bits per heavy atom. The fourth-order valence-corrected chi connectivity index (χ4v) is 2.67. The maximum Gasteiger partial charge on any atom is 0.416 e. The predicted molar refractivity (Wildman–Crippen MR) is 94.2 cm³/mol. The van der Waals surface area contributed by atoms with Gasteiger partial charge in [0.25, 0.3) is 0 Å². The van der Waals surface area contributed by atoms with Crippen LogP contribution in [-0.2, 0) is 12.6 Å². The van der Waals surface area contributed by atoms with Crippen LogP contribution in [0.4, 0.5) is 13.2 Å². The molecular formula is C19H21ClF3NO. The third kappa shape index (κ3) is 6.25. The van der Waals surface area contributed by atoms with E-state index in [-0.39, 0.29) is 11.3 Å². The van der Waals surface area contributed by atoms with Crippen molar-refractivity contribution in [1.29, 1.82) is 0 Å². The van der Waals surface area contributed by atoms with Crippen LogP contribution in [0.1, 0.15) is 37.8 Å². The molecule has 0 aromatic heterocycles. The van der Waals surface area contributed by atoms with Gasteiger partial charge in [0.2, 0.25) is 0 Å². The third-order valence-corrected chi connectivity index (χ3v) is 4.04. The minimum atomic E-state index is -4.41. The first kappa shape index (κ1) is 19.6. The smallest absolute Gasteiger partial charge is 0.416 e. The first-order valence-electron chi connectivity index (χ1n) is 7.97. The van der Waals surface area contributed by atoms with Gasteiger partial charge in [-0.2, -0.15) is 13.2 Å². The molecule has 2 rings (SSSR count). The molecule has 0 fully saturated rings. The summed E-state index contributed by atoms with van der Waals surface area (Å²) in [6.07, 6.45) is -1.86. The third-order valence-electron chi connectivity index (χ3n) is 3.69. The lowest BCUT2D eigenvalue weighted by molar-refractivity contribution is -0.137. The fraction of sp³-hybridized carbons (Fsp3) is 0.368. The van der Waals surface area contributed by atoms with Crippen molar-refractivity contribution in [2.24, 2.45) is 5.73 Å². The molecule has 2 N–H and O–H groups in total. The van der Waals surface area contributed by atoms with E-state index in [2.05, 4.69) is 0 Å². The molecule has 6 heteroatoms. The molecule has 136 valence electrons. The quantitative estimate of drug-likeness (QED) is 0.655. The molecule has 25 heavy (non-hydrogen) atoms. The molecule has 0 bridgehead atoms. The Balaban J connectivity index is 2.06. The standard InChI is InChI=1S/C19H21ClF3NO/c1-18(2,24)10-4-5-13-8-9-16(12-17(13)20)25-15-7-3-6-14(11-15)19(21,22)23/h3,6-9,11-12H,4-5,10,24H2,1-2H3. The van der Waals surface area contributed by atoms with E-state index in [1.165, 1.54) is 12.1 Å². The SMILES string of the molecule is CC(C)(N)CCCc1ccc(Oc2cccc(C(F)(F)F)c2)cc1Cl. The number of halogens is 4. The number of aryl methyl sites for hydroxylation is 1. The van der Waals surface area contributed by atoms with Gasteiger partial charge in [-0.05, 0) is 69.0 Å². The summed E-state index contributed by atoms with van der Waals surface area (Å²) in [5.41, 5.74) is 5.94. The zero-order chi connectivity index (χ0) is 18.7. The van der Waals surface area contributed by atoms with Crippen molar-refractivity contribution in [3.63, 3.8) is 0 Å². The van der Waals surface area contributed by atoms with Crippen molar-refractivity contribution < 1.29 is 17.9 Å². The highest BCUT2D eigenvalue weighted by Crippen LogP contribution is 2.33. The Morgan fingerprint density at radius 3 is 2.32 bits per heavy atom. The van der Waals surface area contributed by atoms with Crippen LogP contribution >= 0.6 is 11.6 Å². The van der Waals surface area contributed by atoms with E-state index in [0.717, 1.165) is 37.0 Å². The normalized spacial score (nSPS) is 12.3. The number of alkyl halides is 3. The Morgan fingerprint density at radius 2 is 1.72 bits per heavy atom. The van der Waals surface area contributed by atoms with Crippen LogP contribution in [0.5, 0.6) is 11.5 Å². The first-order valence-corrected chi connectivity index (χ1v) is 8.35. The van der Waals surface area contributed by atoms with E-state index >= 15 is 0 Å². The Hall–Kier alpha value is -1.72. The summed E-state index contributed by atoms with van der Waals surface area (Å²) in [7, 11) is 0. The van der Waals surface area contributed by atoms with Crippen molar-refractivity contribution in [2.75, 3.05) is 0 Å². The molecule has 0 aliphatic rings. The highest BCUT2D eigenvalue weighted by Gasteiger charge is 2.30. The summed E-state index contributed by atoms with van der Waals surface area (Å²) < 4.78 is 43.7. The molecule has 0 amide bonds. The maximum absolute atomic E-state index is 12.7. The highest BCUT2D eigenvalue weighted by atomic mass is 35.5. The van der Waals surface area contributed by atoms with Crippen molar-refractivity contribution in [3.05, 3.63) is 58.6 Å². The Labute approximate surface area is 150 Å². The zero-order valence-corrected chi connectivity index (χ0v) is 14.9. The van der Waals surface area contributed by atoms with Crippen molar-refractivity contribution in [2.45, 2.75) is 44.8 Å². The minimum Gasteiger partial charge on any atom is -0.457 e. The molecule has 0 aliphatic carbocycles.